The first kappa shape index (κ1) is 37.0. The maximum absolute atomic E-state index is 11.9. The molecule has 0 radical (unpaired) electrons. The number of unbranched alkanes of at least 4 members (excludes halogenated alkanes) is 2. The lowest BCUT2D eigenvalue weighted by atomic mass is 9.68. The van der Waals surface area contributed by atoms with Gasteiger partial charge in [-0.05, 0) is 96.0 Å². The third kappa shape index (κ3) is 7.42. The van der Waals surface area contributed by atoms with Gasteiger partial charge in [0.2, 0.25) is 0 Å². The van der Waals surface area contributed by atoms with Crippen LogP contribution >= 0.6 is 0 Å². The molecule has 0 aromatic heterocycles. The molecule has 0 spiro atoms. The summed E-state index contributed by atoms with van der Waals surface area (Å²) in [6.45, 7) is 7.05. The Hall–Kier alpha value is -4.37. The Morgan fingerprint density at radius 2 is 1.83 bits per heavy atom. The third-order valence-corrected chi connectivity index (χ3v) is 12.0. The van der Waals surface area contributed by atoms with Gasteiger partial charge in [-0.2, -0.15) is 0 Å². The maximum atomic E-state index is 11.9. The number of aliphatic imine (C=N–C) groups is 1. The molecule has 284 valence electrons. The zero-order valence-electron chi connectivity index (χ0n) is 31.7. The number of rotatable bonds is 12. The van der Waals surface area contributed by atoms with Gasteiger partial charge < -0.3 is 41.0 Å². The van der Waals surface area contributed by atoms with Crippen molar-refractivity contribution < 1.29 is 29.5 Å². The van der Waals surface area contributed by atoms with Crippen molar-refractivity contribution in [1.29, 1.82) is 0 Å². The summed E-state index contributed by atoms with van der Waals surface area (Å²) in [6.07, 6.45) is 12.3. The molecular formula is C44H57N3O6. The molecule has 3 aromatic carbocycles. The van der Waals surface area contributed by atoms with Crippen molar-refractivity contribution in [1.82, 2.24) is 0 Å². The highest BCUT2D eigenvalue weighted by atomic mass is 16.5. The number of phenolic OH excluding ortho intramolecular Hbond substituents is 2. The number of hydrogen-bond acceptors (Lipinski definition) is 7. The Balaban J connectivity index is 1.23. The number of aromatic hydroxyl groups is 2. The van der Waals surface area contributed by atoms with Gasteiger partial charge >= 0.3 is 0 Å². The van der Waals surface area contributed by atoms with Crippen LogP contribution in [0.15, 0.2) is 53.5 Å². The number of ether oxygens (including phenoxy) is 3. The van der Waals surface area contributed by atoms with E-state index in [1.807, 2.05) is 24.3 Å². The lowest BCUT2D eigenvalue weighted by Gasteiger charge is -2.43. The fraction of sp³-hybridized carbons (Fsp3) is 0.523. The number of fused-ring (bicyclic) bond motifs is 7. The van der Waals surface area contributed by atoms with E-state index < -0.39 is 12.2 Å². The third-order valence-electron chi connectivity index (χ3n) is 12.0. The Morgan fingerprint density at radius 1 is 1.00 bits per heavy atom. The second kappa shape index (κ2) is 15.5. The zero-order valence-corrected chi connectivity index (χ0v) is 31.7. The van der Waals surface area contributed by atoms with Crippen molar-refractivity contribution in [2.24, 2.45) is 40.1 Å². The molecule has 4 aliphatic rings. The summed E-state index contributed by atoms with van der Waals surface area (Å²) in [5.74, 6) is 3.52. The van der Waals surface area contributed by atoms with Crippen LogP contribution in [0.4, 0.5) is 0 Å². The van der Waals surface area contributed by atoms with Gasteiger partial charge in [-0.15, -0.1) is 0 Å². The van der Waals surface area contributed by atoms with Gasteiger partial charge in [-0.3, -0.25) is 4.99 Å². The van der Waals surface area contributed by atoms with E-state index in [1.54, 1.807) is 13.2 Å². The van der Waals surface area contributed by atoms with E-state index in [2.05, 4.69) is 44.0 Å². The number of guanidine groups is 1. The normalized spacial score (nSPS) is 25.5. The SMILES string of the molecule is CCCCCC1Cc2cc(O)c(CC(C)C)cc2-c2c(OC)cc3c(c21)CC(O)C(c1ccc(O)c(OC2C4C=CC(CN=C(N)N)C2CCC4)c1)O3. The molecule has 7 unspecified atom stereocenters. The van der Waals surface area contributed by atoms with Crippen LogP contribution in [0.2, 0.25) is 0 Å². The lowest BCUT2D eigenvalue weighted by molar-refractivity contribution is 0.0181. The Kier molecular flexibility index (Phi) is 10.8. The van der Waals surface area contributed by atoms with E-state index in [-0.39, 0.29) is 41.5 Å². The summed E-state index contributed by atoms with van der Waals surface area (Å²) >= 11 is 0. The van der Waals surface area contributed by atoms with Crippen molar-refractivity contribution in [3.8, 4) is 39.9 Å². The van der Waals surface area contributed by atoms with E-state index in [1.165, 1.54) is 5.56 Å². The van der Waals surface area contributed by atoms with E-state index in [0.717, 1.165) is 96.9 Å². The van der Waals surface area contributed by atoms with Crippen LogP contribution in [-0.4, -0.2) is 47.1 Å². The van der Waals surface area contributed by atoms with Crippen molar-refractivity contribution in [2.75, 3.05) is 13.7 Å². The van der Waals surface area contributed by atoms with Crippen LogP contribution in [0, 0.1) is 23.7 Å². The number of aliphatic hydroxyl groups is 1. The molecule has 2 bridgehead atoms. The van der Waals surface area contributed by atoms with Gasteiger partial charge in [-0.25, -0.2) is 0 Å². The Labute approximate surface area is 314 Å². The number of benzene rings is 3. The molecule has 7 atom stereocenters. The first-order chi connectivity index (χ1) is 25.6. The predicted octanol–water partition coefficient (Wildman–Crippen LogP) is 7.85. The molecule has 7 N–H and O–H groups in total. The Morgan fingerprint density at radius 3 is 2.58 bits per heavy atom. The number of nitrogens with zero attached hydrogens (tertiary/aromatic N) is 1. The second-order valence-corrected chi connectivity index (χ2v) is 16.2. The van der Waals surface area contributed by atoms with E-state index in [0.29, 0.717) is 36.1 Å². The van der Waals surface area contributed by atoms with Gasteiger partial charge in [0, 0.05) is 47.9 Å². The van der Waals surface area contributed by atoms with E-state index in [4.69, 9.17) is 25.7 Å². The molecule has 0 amide bonds. The molecular weight excluding hydrogens is 666 g/mol. The standard InChI is InChI=1S/C44H57N3O6/c1-5-6-7-9-26-17-29-19-35(49)30(16-24(2)3)18-32(29)41-39(51-4)22-37-33(40(26)41)21-36(50)43(52-37)27-14-15-34(48)38(20-27)53-42-25-10-8-11-31(42)28(13-12-25)23-47-44(45)46/h12-15,18-20,22,24-26,28,31,36,42-43,48-50H,5-11,16-17,21,23H2,1-4H3,(H4,45,46,47). The summed E-state index contributed by atoms with van der Waals surface area (Å²) in [4.78, 5) is 4.30. The fourth-order valence-electron chi connectivity index (χ4n) is 9.51. The number of phenols is 2. The van der Waals surface area contributed by atoms with Crippen molar-refractivity contribution in [3.05, 3.63) is 76.4 Å². The van der Waals surface area contributed by atoms with Crippen molar-refractivity contribution in [3.63, 3.8) is 0 Å². The first-order valence-electron chi connectivity index (χ1n) is 19.7. The summed E-state index contributed by atoms with van der Waals surface area (Å²) in [7, 11) is 1.70. The Bertz CT molecular complexity index is 1870. The highest BCUT2D eigenvalue weighted by Gasteiger charge is 2.42. The quantitative estimate of drug-likeness (QED) is 0.0548. The predicted molar refractivity (Wildman–Crippen MR) is 209 cm³/mol. The topological polar surface area (TPSA) is 153 Å². The van der Waals surface area contributed by atoms with Gasteiger partial charge in [0.1, 0.15) is 29.5 Å². The number of methoxy groups -OCH3 is 1. The zero-order chi connectivity index (χ0) is 37.4. The molecule has 1 aliphatic heterocycles. The monoisotopic (exact) mass is 723 g/mol. The van der Waals surface area contributed by atoms with Crippen LogP contribution in [0.1, 0.15) is 106 Å². The first-order valence-corrected chi connectivity index (χ1v) is 19.7. The minimum atomic E-state index is -0.827. The van der Waals surface area contributed by atoms with Crippen LogP contribution in [-0.2, 0) is 19.3 Å². The largest absolute Gasteiger partial charge is 0.508 e. The summed E-state index contributed by atoms with van der Waals surface area (Å²) < 4.78 is 19.6. The van der Waals surface area contributed by atoms with Gasteiger partial charge in [0.25, 0.3) is 0 Å². The molecule has 3 aliphatic carbocycles. The van der Waals surface area contributed by atoms with Gasteiger partial charge in [-0.1, -0.05) is 64.7 Å². The molecule has 1 heterocycles. The number of nitrogens with two attached hydrogens (primary N) is 2. The van der Waals surface area contributed by atoms with Crippen LogP contribution in [0.25, 0.3) is 11.1 Å². The minimum absolute atomic E-state index is 0.0556. The van der Waals surface area contributed by atoms with Crippen LogP contribution in [0.5, 0.6) is 28.7 Å². The molecule has 53 heavy (non-hydrogen) atoms. The highest BCUT2D eigenvalue weighted by molar-refractivity contribution is 5.83. The van der Waals surface area contributed by atoms with Crippen LogP contribution in [0.3, 0.4) is 0 Å². The molecule has 1 saturated carbocycles. The summed E-state index contributed by atoms with van der Waals surface area (Å²) in [5, 5.41) is 34.0. The van der Waals surface area contributed by atoms with Crippen molar-refractivity contribution in [2.45, 2.75) is 109 Å². The lowest BCUT2D eigenvalue weighted by Crippen LogP contribution is -2.44. The summed E-state index contributed by atoms with van der Waals surface area (Å²) in [6, 6.07) is 11.4. The summed E-state index contributed by atoms with van der Waals surface area (Å²) in [5.41, 5.74) is 18.5. The molecule has 3 aromatic rings. The molecule has 9 heteroatoms. The number of aliphatic hydroxyl groups excluding tert-OH is 1. The average Bonchev–Trinajstić information content (AvgIpc) is 3.12. The van der Waals surface area contributed by atoms with Gasteiger partial charge in [0.15, 0.2) is 17.5 Å². The van der Waals surface area contributed by atoms with E-state index >= 15 is 0 Å². The van der Waals surface area contributed by atoms with E-state index in [9.17, 15) is 15.3 Å². The fourth-order valence-corrected chi connectivity index (χ4v) is 9.51. The molecule has 7 rings (SSSR count). The highest BCUT2D eigenvalue weighted by Crippen LogP contribution is 2.54. The maximum Gasteiger partial charge on any atom is 0.185 e. The second-order valence-electron chi connectivity index (χ2n) is 16.2. The van der Waals surface area contributed by atoms with Crippen LogP contribution < -0.4 is 25.7 Å². The average molecular weight is 724 g/mol. The molecule has 9 nitrogen and oxygen atoms in total. The number of hydrogen-bond donors (Lipinski definition) is 5. The van der Waals surface area contributed by atoms with Crippen molar-refractivity contribution >= 4 is 5.96 Å². The smallest absolute Gasteiger partial charge is 0.185 e. The molecule has 1 fully saturated rings. The minimum Gasteiger partial charge on any atom is -0.508 e. The molecule has 0 saturated heterocycles. The van der Waals surface area contributed by atoms with Gasteiger partial charge in [0.05, 0.1) is 13.2 Å².